The van der Waals surface area contributed by atoms with E-state index >= 15 is 0 Å². The zero-order chi connectivity index (χ0) is 19.0. The summed E-state index contributed by atoms with van der Waals surface area (Å²) in [5.41, 5.74) is 0.338. The minimum atomic E-state index is -0.396. The van der Waals surface area contributed by atoms with Crippen molar-refractivity contribution >= 4 is 11.9 Å². The zero-order valence-electron chi connectivity index (χ0n) is 16.4. The van der Waals surface area contributed by atoms with Gasteiger partial charge in [0.05, 0.1) is 7.11 Å². The number of unbranched alkanes of at least 4 members (excludes halogenated alkanes) is 6. The molecule has 140 valence electrons. The Morgan fingerprint density at radius 3 is 2.00 bits per heavy atom. The van der Waals surface area contributed by atoms with E-state index in [1.54, 1.807) is 0 Å². The van der Waals surface area contributed by atoms with Crippen molar-refractivity contribution in [2.75, 3.05) is 7.11 Å². The molecule has 0 aliphatic rings. The number of esters is 2. The van der Waals surface area contributed by atoms with E-state index < -0.39 is 11.6 Å². The smallest absolute Gasteiger partial charge is 0.333 e. The summed E-state index contributed by atoms with van der Waals surface area (Å²) in [5.74, 6) is -0.580. The van der Waals surface area contributed by atoms with Gasteiger partial charge in [-0.1, -0.05) is 51.7 Å². The lowest BCUT2D eigenvalue weighted by molar-refractivity contribution is -0.149. The summed E-state index contributed by atoms with van der Waals surface area (Å²) >= 11 is 0. The molecule has 0 saturated carbocycles. The molecule has 0 unspecified atom stereocenters. The quantitative estimate of drug-likeness (QED) is 0.322. The molecule has 0 aliphatic heterocycles. The van der Waals surface area contributed by atoms with Crippen LogP contribution in [0, 0.1) is 0 Å². The molecule has 0 bridgehead atoms. The van der Waals surface area contributed by atoms with E-state index in [9.17, 15) is 9.59 Å². The fourth-order valence-corrected chi connectivity index (χ4v) is 1.77. The lowest BCUT2D eigenvalue weighted by Crippen LogP contribution is -2.24. The summed E-state index contributed by atoms with van der Waals surface area (Å²) in [4.78, 5) is 21.5. The monoisotopic (exact) mass is 340 g/mol. The van der Waals surface area contributed by atoms with E-state index in [0.29, 0.717) is 0 Å². The van der Waals surface area contributed by atoms with Gasteiger partial charge in [0.1, 0.15) is 5.60 Å². The second-order valence-electron chi connectivity index (χ2n) is 6.67. The van der Waals surface area contributed by atoms with Gasteiger partial charge in [-0.25, -0.2) is 9.59 Å². The van der Waals surface area contributed by atoms with E-state index in [1.165, 1.54) is 45.6 Å². The average Bonchev–Trinajstić information content (AvgIpc) is 2.52. The number of rotatable bonds is 9. The second kappa shape index (κ2) is 15.0. The van der Waals surface area contributed by atoms with E-state index in [-0.39, 0.29) is 5.97 Å². The van der Waals surface area contributed by atoms with Gasteiger partial charge in [-0.15, -0.1) is 0 Å². The van der Waals surface area contributed by atoms with Crippen LogP contribution >= 0.6 is 0 Å². The second-order valence-corrected chi connectivity index (χ2v) is 6.67. The zero-order valence-corrected chi connectivity index (χ0v) is 16.4. The third-order valence-corrected chi connectivity index (χ3v) is 3.10. The average molecular weight is 341 g/mol. The summed E-state index contributed by atoms with van der Waals surface area (Å²) in [7, 11) is 1.31. The van der Waals surface area contributed by atoms with Gasteiger partial charge in [-0.3, -0.25) is 0 Å². The highest BCUT2D eigenvalue weighted by Crippen LogP contribution is 2.12. The number of hydrogen-bond acceptors (Lipinski definition) is 4. The maximum absolute atomic E-state index is 11.7. The number of methoxy groups -OCH3 is 1. The van der Waals surface area contributed by atoms with Crippen LogP contribution < -0.4 is 0 Å². The van der Waals surface area contributed by atoms with Gasteiger partial charge >= 0.3 is 11.9 Å². The molecular weight excluding hydrogens is 304 g/mol. The fraction of sp³-hybridized carbons (Fsp3) is 0.700. The number of hydrogen-bond donors (Lipinski definition) is 0. The number of carbonyl (C=O) groups excluding carboxylic acids is 2. The molecule has 0 atom stereocenters. The molecule has 0 aromatic rings. The van der Waals surface area contributed by atoms with Crippen LogP contribution in [0.25, 0.3) is 0 Å². The van der Waals surface area contributed by atoms with Crippen molar-refractivity contribution < 1.29 is 19.1 Å². The Bertz CT molecular complexity index is 389. The standard InChI is InChI=1S/C16H30O2.C4H6O2/c1-6-7-8-9-10-11-12-13-14(2)15(17)18-16(3,4)5;1-3-4(5)6-2/h13H,6-12H2,1-5H3;3H,1H2,2H3. The van der Waals surface area contributed by atoms with E-state index in [0.717, 1.165) is 18.1 Å². The van der Waals surface area contributed by atoms with Crippen molar-refractivity contribution in [3.8, 4) is 0 Å². The van der Waals surface area contributed by atoms with Crippen LogP contribution in [0.4, 0.5) is 0 Å². The maximum atomic E-state index is 11.7. The lowest BCUT2D eigenvalue weighted by atomic mass is 10.1. The first-order chi connectivity index (χ1) is 11.2. The van der Waals surface area contributed by atoms with Gasteiger partial charge in [0.25, 0.3) is 0 Å². The van der Waals surface area contributed by atoms with Gasteiger partial charge in [0.15, 0.2) is 0 Å². The molecule has 0 saturated heterocycles. The first kappa shape index (κ1) is 24.7. The molecule has 0 radical (unpaired) electrons. The molecule has 0 rings (SSSR count). The molecule has 4 heteroatoms. The molecule has 0 amide bonds. The summed E-state index contributed by atoms with van der Waals surface area (Å²) in [6.45, 7) is 12.9. The van der Waals surface area contributed by atoms with Crippen molar-refractivity contribution in [1.29, 1.82) is 0 Å². The third-order valence-electron chi connectivity index (χ3n) is 3.10. The molecule has 0 heterocycles. The van der Waals surface area contributed by atoms with Crippen LogP contribution in [0.15, 0.2) is 24.3 Å². The number of carbonyl (C=O) groups is 2. The molecule has 0 spiro atoms. The normalized spacial score (nSPS) is 11.2. The van der Waals surface area contributed by atoms with Crippen LogP contribution in [0.1, 0.15) is 79.6 Å². The van der Waals surface area contributed by atoms with Gasteiger partial charge in [-0.05, 0) is 40.5 Å². The summed E-state index contributed by atoms with van der Waals surface area (Å²) < 4.78 is 9.44. The predicted octanol–water partition coefficient (Wildman–Crippen LogP) is 5.37. The van der Waals surface area contributed by atoms with Crippen molar-refractivity contribution in [2.45, 2.75) is 85.2 Å². The highest BCUT2D eigenvalue weighted by atomic mass is 16.6. The minimum absolute atomic E-state index is 0.187. The van der Waals surface area contributed by atoms with Gasteiger partial charge in [0, 0.05) is 11.6 Å². The Morgan fingerprint density at radius 2 is 1.58 bits per heavy atom. The molecule has 4 nitrogen and oxygen atoms in total. The van der Waals surface area contributed by atoms with Crippen molar-refractivity contribution in [2.24, 2.45) is 0 Å². The first-order valence-corrected chi connectivity index (χ1v) is 8.78. The van der Waals surface area contributed by atoms with Gasteiger partial charge < -0.3 is 9.47 Å². The van der Waals surface area contributed by atoms with Crippen LogP contribution in [0.3, 0.4) is 0 Å². The van der Waals surface area contributed by atoms with Gasteiger partial charge in [-0.2, -0.15) is 0 Å². The summed E-state index contributed by atoms with van der Waals surface area (Å²) in [6, 6.07) is 0. The van der Waals surface area contributed by atoms with Crippen molar-refractivity contribution in [3.05, 3.63) is 24.3 Å². The minimum Gasteiger partial charge on any atom is -0.466 e. The van der Waals surface area contributed by atoms with Crippen molar-refractivity contribution in [3.63, 3.8) is 0 Å². The largest absolute Gasteiger partial charge is 0.466 e. The summed E-state index contributed by atoms with van der Waals surface area (Å²) in [5, 5.41) is 0. The fourth-order valence-electron chi connectivity index (χ4n) is 1.77. The number of allylic oxidation sites excluding steroid dienone is 1. The molecule has 24 heavy (non-hydrogen) atoms. The molecule has 0 N–H and O–H groups in total. The Labute approximate surface area is 148 Å². The molecular formula is C20H36O4. The highest BCUT2D eigenvalue weighted by molar-refractivity contribution is 5.87. The SMILES string of the molecule is C=CC(=O)OC.CCCCCCCCC=C(C)C(=O)OC(C)(C)C. The Balaban J connectivity index is 0. The van der Waals surface area contributed by atoms with Crippen LogP contribution in [-0.4, -0.2) is 24.6 Å². The van der Waals surface area contributed by atoms with E-state index in [4.69, 9.17) is 4.74 Å². The Hall–Kier alpha value is -1.58. The molecule has 0 aromatic heterocycles. The van der Waals surface area contributed by atoms with E-state index in [1.807, 2.05) is 33.8 Å². The van der Waals surface area contributed by atoms with Crippen molar-refractivity contribution in [1.82, 2.24) is 0 Å². The van der Waals surface area contributed by atoms with E-state index in [2.05, 4.69) is 18.2 Å². The van der Waals surface area contributed by atoms with Gasteiger partial charge in [0.2, 0.25) is 0 Å². The molecule has 0 fully saturated rings. The first-order valence-electron chi connectivity index (χ1n) is 8.78. The van der Waals surface area contributed by atoms with Crippen LogP contribution in [0.2, 0.25) is 0 Å². The predicted molar refractivity (Wildman–Crippen MR) is 99.8 cm³/mol. The van der Waals surface area contributed by atoms with Crippen LogP contribution in [0.5, 0.6) is 0 Å². The lowest BCUT2D eigenvalue weighted by Gasteiger charge is -2.19. The van der Waals surface area contributed by atoms with Crippen LogP contribution in [-0.2, 0) is 19.1 Å². The topological polar surface area (TPSA) is 52.6 Å². The molecule has 0 aliphatic carbocycles. The molecule has 0 aromatic carbocycles. The third kappa shape index (κ3) is 18.5. The Kier molecular flexibility index (Phi) is 15.4. The summed E-state index contributed by atoms with van der Waals surface area (Å²) in [6.07, 6.45) is 11.8. The number of ether oxygens (including phenoxy) is 2. The maximum Gasteiger partial charge on any atom is 0.333 e. The Morgan fingerprint density at radius 1 is 1.04 bits per heavy atom. The highest BCUT2D eigenvalue weighted by Gasteiger charge is 2.16.